The Morgan fingerprint density at radius 2 is 1.84 bits per heavy atom. The van der Waals surface area contributed by atoms with E-state index in [0.29, 0.717) is 54.7 Å². The van der Waals surface area contributed by atoms with Crippen molar-refractivity contribution in [2.45, 2.75) is 70.1 Å². The van der Waals surface area contributed by atoms with Gasteiger partial charge in [-0.05, 0) is 64.5 Å². The number of carbonyl (C=O) groups is 1. The van der Waals surface area contributed by atoms with Crippen molar-refractivity contribution in [3.05, 3.63) is 36.0 Å². The summed E-state index contributed by atoms with van der Waals surface area (Å²) in [5.74, 6) is 1.26. The van der Waals surface area contributed by atoms with Gasteiger partial charge in [0.1, 0.15) is 11.4 Å². The quantitative estimate of drug-likeness (QED) is 0.377. The van der Waals surface area contributed by atoms with Crippen molar-refractivity contribution >= 4 is 38.9 Å². The molecule has 1 saturated carbocycles. The van der Waals surface area contributed by atoms with Crippen LogP contribution in [0.1, 0.15) is 58.4 Å². The number of aromatic nitrogens is 4. The van der Waals surface area contributed by atoms with E-state index in [1.807, 2.05) is 20.8 Å². The summed E-state index contributed by atoms with van der Waals surface area (Å²) >= 11 is 0. The van der Waals surface area contributed by atoms with Crippen LogP contribution in [0.3, 0.4) is 0 Å². The molecular formula is C29H38F2N8O4S. The molecule has 1 aliphatic carbocycles. The lowest BCUT2D eigenvalue weighted by molar-refractivity contribution is 0.0467. The Labute approximate surface area is 255 Å². The minimum atomic E-state index is -3.29. The SMILES string of the molecule is CC(C)(C)OC(=O)NC1(C2CCN(c3nc(NC4CN(S(C)(=O)=O)C4)nc4c3cnn4-c3cccc(C(F)F)c3)CC2)CC1. The fourth-order valence-corrected chi connectivity index (χ4v) is 6.98. The second kappa shape index (κ2) is 11.1. The van der Waals surface area contributed by atoms with Crippen LogP contribution >= 0.6 is 0 Å². The van der Waals surface area contributed by atoms with E-state index in [4.69, 9.17) is 14.7 Å². The average Bonchev–Trinajstić information content (AvgIpc) is 3.57. The second-order valence-electron chi connectivity index (χ2n) is 13.0. The Kier molecular flexibility index (Phi) is 7.67. The van der Waals surface area contributed by atoms with Gasteiger partial charge in [0.2, 0.25) is 16.0 Å². The van der Waals surface area contributed by atoms with Crippen LogP contribution in [-0.2, 0) is 14.8 Å². The monoisotopic (exact) mass is 632 g/mol. The van der Waals surface area contributed by atoms with Gasteiger partial charge in [-0.1, -0.05) is 12.1 Å². The van der Waals surface area contributed by atoms with Crippen molar-refractivity contribution in [2.24, 2.45) is 5.92 Å². The number of sulfonamides is 1. The zero-order valence-corrected chi connectivity index (χ0v) is 26.1. The number of benzene rings is 1. The summed E-state index contributed by atoms with van der Waals surface area (Å²) in [5, 5.41) is 11.6. The van der Waals surface area contributed by atoms with Crippen LogP contribution in [-0.4, -0.2) is 88.2 Å². The van der Waals surface area contributed by atoms with Crippen LogP contribution in [0.4, 0.5) is 25.3 Å². The predicted molar refractivity (Wildman–Crippen MR) is 162 cm³/mol. The van der Waals surface area contributed by atoms with E-state index >= 15 is 0 Å². The normalized spacial score (nSPS) is 19.7. The summed E-state index contributed by atoms with van der Waals surface area (Å²) in [5.41, 5.74) is -0.0384. The van der Waals surface area contributed by atoms with Crippen molar-refractivity contribution in [1.82, 2.24) is 29.4 Å². The van der Waals surface area contributed by atoms with Gasteiger partial charge in [0.05, 0.1) is 29.6 Å². The zero-order valence-electron chi connectivity index (χ0n) is 25.3. The number of hydrogen-bond donors (Lipinski definition) is 2. The Morgan fingerprint density at radius 3 is 2.45 bits per heavy atom. The molecule has 1 aromatic carbocycles. The molecule has 6 rings (SSSR count). The summed E-state index contributed by atoms with van der Waals surface area (Å²) in [4.78, 5) is 24.3. The lowest BCUT2D eigenvalue weighted by atomic mass is 9.87. The molecule has 2 N–H and O–H groups in total. The second-order valence-corrected chi connectivity index (χ2v) is 15.0. The smallest absolute Gasteiger partial charge is 0.408 e. The molecule has 0 bridgehead atoms. The lowest BCUT2D eigenvalue weighted by Crippen LogP contribution is -2.56. The summed E-state index contributed by atoms with van der Waals surface area (Å²) < 4.78 is 59.1. The number of nitrogens with one attached hydrogen (secondary N) is 2. The molecule has 0 atom stereocenters. The molecule has 2 saturated heterocycles. The van der Waals surface area contributed by atoms with Gasteiger partial charge in [0.15, 0.2) is 5.65 Å². The standard InChI is InChI=1S/C29H38F2N8O4S/c1-28(2,3)43-27(40)36-29(10-11-29)19-8-12-37(13-9-19)24-22-15-32-39(21-7-5-6-18(14-21)23(30)31)25(22)35-26(34-24)33-20-16-38(17-20)44(4,41)42/h5-7,14-15,19-20,23H,8-13,16-17H2,1-4H3,(H,36,40)(H,33,34,35). The van der Waals surface area contributed by atoms with Crippen molar-refractivity contribution in [3.8, 4) is 5.69 Å². The van der Waals surface area contributed by atoms with Gasteiger partial charge in [-0.3, -0.25) is 0 Å². The molecule has 238 valence electrons. The van der Waals surface area contributed by atoms with Crippen LogP contribution < -0.4 is 15.5 Å². The molecule has 3 fully saturated rings. The van der Waals surface area contributed by atoms with Crippen LogP contribution in [0.2, 0.25) is 0 Å². The Bertz CT molecular complexity index is 1660. The van der Waals surface area contributed by atoms with E-state index in [1.165, 1.54) is 27.4 Å². The third-order valence-electron chi connectivity index (χ3n) is 8.54. The van der Waals surface area contributed by atoms with Gasteiger partial charge in [-0.15, -0.1) is 0 Å². The van der Waals surface area contributed by atoms with E-state index in [1.54, 1.807) is 18.3 Å². The number of nitrogens with zero attached hydrogens (tertiary/aromatic N) is 6. The van der Waals surface area contributed by atoms with E-state index in [9.17, 15) is 22.0 Å². The predicted octanol–water partition coefficient (Wildman–Crippen LogP) is 4.08. The number of alkyl halides is 2. The first-order chi connectivity index (χ1) is 20.7. The Morgan fingerprint density at radius 1 is 1.14 bits per heavy atom. The fraction of sp³-hybridized carbons (Fsp3) is 0.586. The summed E-state index contributed by atoms with van der Waals surface area (Å²) in [6, 6.07) is 5.84. The van der Waals surface area contributed by atoms with Gasteiger partial charge in [0, 0.05) is 37.3 Å². The highest BCUT2D eigenvalue weighted by Gasteiger charge is 2.51. The first-order valence-corrected chi connectivity index (χ1v) is 16.7. The number of alkyl carbamates (subject to hydrolysis) is 1. The molecule has 2 aromatic heterocycles. The Balaban J connectivity index is 1.26. The molecular weight excluding hydrogens is 594 g/mol. The molecule has 2 aliphatic heterocycles. The molecule has 4 heterocycles. The summed E-state index contributed by atoms with van der Waals surface area (Å²) in [6.07, 6.45) is 3.31. The Hall–Kier alpha value is -3.59. The highest BCUT2D eigenvalue weighted by molar-refractivity contribution is 7.88. The van der Waals surface area contributed by atoms with E-state index in [-0.39, 0.29) is 29.2 Å². The number of fused-ring (bicyclic) bond motifs is 1. The topological polar surface area (TPSA) is 135 Å². The number of hydrogen-bond acceptors (Lipinski definition) is 9. The summed E-state index contributed by atoms with van der Waals surface area (Å²) in [6.45, 7) is 7.50. The van der Waals surface area contributed by atoms with E-state index < -0.39 is 22.0 Å². The largest absolute Gasteiger partial charge is 0.444 e. The molecule has 0 radical (unpaired) electrons. The molecule has 44 heavy (non-hydrogen) atoms. The first-order valence-electron chi connectivity index (χ1n) is 14.8. The number of amides is 1. The van der Waals surface area contributed by atoms with E-state index in [2.05, 4.69) is 20.6 Å². The molecule has 12 nitrogen and oxygen atoms in total. The van der Waals surface area contributed by atoms with Crippen molar-refractivity contribution in [2.75, 3.05) is 42.7 Å². The van der Waals surface area contributed by atoms with Gasteiger partial charge in [-0.25, -0.2) is 26.7 Å². The molecule has 0 unspecified atom stereocenters. The summed E-state index contributed by atoms with van der Waals surface area (Å²) in [7, 11) is -3.29. The number of rotatable bonds is 8. The van der Waals surface area contributed by atoms with Crippen molar-refractivity contribution < 1.29 is 26.7 Å². The number of piperidine rings is 1. The van der Waals surface area contributed by atoms with Crippen molar-refractivity contribution in [1.29, 1.82) is 0 Å². The molecule has 1 amide bonds. The molecule has 15 heteroatoms. The minimum Gasteiger partial charge on any atom is -0.444 e. The van der Waals surface area contributed by atoms with Gasteiger partial charge in [0.25, 0.3) is 6.43 Å². The van der Waals surface area contributed by atoms with Crippen molar-refractivity contribution in [3.63, 3.8) is 0 Å². The van der Waals surface area contributed by atoms with Crippen LogP contribution in [0.25, 0.3) is 16.7 Å². The fourth-order valence-electron chi connectivity index (χ4n) is 6.08. The number of ether oxygens (including phenoxy) is 1. The molecule has 0 spiro atoms. The third kappa shape index (κ3) is 6.29. The maximum absolute atomic E-state index is 13.5. The first kappa shape index (κ1) is 30.4. The third-order valence-corrected chi connectivity index (χ3v) is 9.78. The van der Waals surface area contributed by atoms with Crippen LogP contribution in [0.5, 0.6) is 0 Å². The zero-order chi connectivity index (χ0) is 31.4. The maximum atomic E-state index is 13.5. The average molecular weight is 633 g/mol. The van der Waals surface area contributed by atoms with E-state index in [0.717, 1.165) is 25.7 Å². The maximum Gasteiger partial charge on any atom is 0.408 e. The molecule has 3 aromatic rings. The van der Waals surface area contributed by atoms with Gasteiger partial charge >= 0.3 is 6.09 Å². The number of carbonyl (C=O) groups excluding carboxylic acids is 1. The van der Waals surface area contributed by atoms with Crippen LogP contribution in [0, 0.1) is 5.92 Å². The number of halogens is 2. The lowest BCUT2D eigenvalue weighted by Gasteiger charge is -2.38. The highest BCUT2D eigenvalue weighted by Crippen LogP contribution is 2.47. The molecule has 3 aliphatic rings. The van der Waals surface area contributed by atoms with Gasteiger partial charge < -0.3 is 20.3 Å². The van der Waals surface area contributed by atoms with Gasteiger partial charge in [-0.2, -0.15) is 19.4 Å². The highest BCUT2D eigenvalue weighted by atomic mass is 32.2. The van der Waals surface area contributed by atoms with Crippen LogP contribution in [0.15, 0.2) is 30.5 Å². The minimum absolute atomic E-state index is 0.120. The number of anilines is 2.